The molecule has 10 rings (SSSR count). The summed E-state index contributed by atoms with van der Waals surface area (Å²) in [6, 6.07) is 43.1. The van der Waals surface area contributed by atoms with Crippen LogP contribution in [0.1, 0.15) is 5.56 Å². The number of hydrogen-bond donors (Lipinski definition) is 1. The Morgan fingerprint density at radius 2 is 0.766 bits per heavy atom. The second-order valence-corrected chi connectivity index (χ2v) is 11.7. The van der Waals surface area contributed by atoms with Gasteiger partial charge in [-0.3, -0.25) is 0 Å². The van der Waals surface area contributed by atoms with Crippen LogP contribution in [0.15, 0.2) is 127 Å². The van der Waals surface area contributed by atoms with Gasteiger partial charge in [0, 0.05) is 43.8 Å². The minimum atomic E-state index is 0.564. The highest BCUT2D eigenvalue weighted by Gasteiger charge is 2.23. The molecular weight excluding hydrogens is 580 g/mol. The molecule has 2 aliphatic rings. The lowest BCUT2D eigenvalue weighted by molar-refractivity contribution is 0.844. The molecule has 8 aromatic rings. The molecule has 3 aromatic heterocycles. The fraction of sp³-hybridized carbons (Fsp3) is 0.0256. The first-order valence-electron chi connectivity index (χ1n) is 15.5. The van der Waals surface area contributed by atoms with Crippen molar-refractivity contribution in [1.82, 2.24) is 39.5 Å². The zero-order chi connectivity index (χ0) is 30.9. The number of H-pyrrole nitrogens is 1. The summed E-state index contributed by atoms with van der Waals surface area (Å²) in [6.07, 6.45) is 0. The van der Waals surface area contributed by atoms with Crippen LogP contribution in [-0.4, -0.2) is 39.5 Å². The summed E-state index contributed by atoms with van der Waals surface area (Å²) >= 11 is 0. The van der Waals surface area contributed by atoms with Gasteiger partial charge in [-0.1, -0.05) is 127 Å². The predicted molar refractivity (Wildman–Crippen MR) is 185 cm³/mol. The van der Waals surface area contributed by atoms with Crippen LogP contribution in [0, 0.1) is 0 Å². The molecule has 0 unspecified atom stereocenters. The Labute approximate surface area is 268 Å². The van der Waals surface area contributed by atoms with Crippen molar-refractivity contribution in [3.63, 3.8) is 0 Å². The summed E-state index contributed by atoms with van der Waals surface area (Å²) in [7, 11) is 0. The lowest BCUT2D eigenvalue weighted by Crippen LogP contribution is -2.02. The van der Waals surface area contributed by atoms with E-state index in [0.29, 0.717) is 41.1 Å². The molecule has 0 saturated carbocycles. The normalized spacial score (nSPS) is 11.9. The van der Waals surface area contributed by atoms with Crippen LogP contribution in [0.4, 0.5) is 0 Å². The van der Waals surface area contributed by atoms with Crippen LogP contribution in [0.2, 0.25) is 0 Å². The molecule has 8 heteroatoms. The fourth-order valence-corrected chi connectivity index (χ4v) is 6.68. The Morgan fingerprint density at radius 1 is 0.383 bits per heavy atom. The van der Waals surface area contributed by atoms with Gasteiger partial charge in [0.15, 0.2) is 23.3 Å². The van der Waals surface area contributed by atoms with Crippen molar-refractivity contribution >= 4 is 44.1 Å². The number of fused-ring (bicyclic) bond motifs is 20. The first-order chi connectivity index (χ1) is 23.3. The maximum absolute atomic E-state index is 5.33. The number of nitrogens with one attached hydrogen (secondary N) is 1. The maximum Gasteiger partial charge on any atom is 0.164 e. The predicted octanol–water partition coefficient (Wildman–Crippen LogP) is 8.39. The van der Waals surface area contributed by atoms with E-state index in [4.69, 9.17) is 29.9 Å². The Bertz CT molecular complexity index is 2560. The van der Waals surface area contributed by atoms with Gasteiger partial charge < -0.3 is 9.55 Å². The van der Waals surface area contributed by atoms with Crippen molar-refractivity contribution < 1.29 is 0 Å². The largest absolute Gasteiger partial charge is 0.324 e. The van der Waals surface area contributed by atoms with Crippen molar-refractivity contribution in [2.75, 3.05) is 0 Å². The molecule has 0 fully saturated rings. The van der Waals surface area contributed by atoms with Crippen molar-refractivity contribution in [2.45, 2.75) is 6.54 Å². The lowest BCUT2D eigenvalue weighted by atomic mass is 10.1. The van der Waals surface area contributed by atoms with Crippen LogP contribution < -0.4 is 0 Å². The highest BCUT2D eigenvalue weighted by Crippen LogP contribution is 2.37. The molecule has 8 bridgehead atoms. The molecule has 1 N–H and O–H groups in total. The minimum absolute atomic E-state index is 0.564. The SMILES string of the molecule is c1ccc(Cn2c3nc4nc(nc5[nH]c(nc6nc(nc2c2ccccc23)-c2ccccc2-6)c2ccccc52)-c2ccccc2-4)cc1. The number of aromatic amines is 1. The number of benzene rings is 5. The molecule has 220 valence electrons. The molecule has 0 spiro atoms. The summed E-state index contributed by atoms with van der Waals surface area (Å²) in [5.74, 6) is 2.41. The van der Waals surface area contributed by atoms with Gasteiger partial charge >= 0.3 is 0 Å². The molecule has 5 heterocycles. The summed E-state index contributed by atoms with van der Waals surface area (Å²) in [5, 5.41) is 3.87. The van der Waals surface area contributed by atoms with E-state index in [9.17, 15) is 0 Å². The van der Waals surface area contributed by atoms with Crippen molar-refractivity contribution in [1.29, 1.82) is 0 Å². The standard InChI is InChI=1S/C39H24N8/c1-2-12-23(13-3-1)22-47-38-30-20-10-11-21-31(30)39(47)46-37-29-19-9-7-17-27(29)35(44-37)42-33-25-15-5-4-14-24(25)32(40-33)41-34-26-16-6-8-18-28(26)36(43-34)45-38/h1-21H,22H2,(H,40,41,42,43,44,45,46). The highest BCUT2D eigenvalue weighted by molar-refractivity contribution is 6.06. The van der Waals surface area contributed by atoms with E-state index in [-0.39, 0.29) is 0 Å². The number of nitrogens with zero attached hydrogens (tertiary/aromatic N) is 7. The molecule has 0 saturated heterocycles. The van der Waals surface area contributed by atoms with Crippen molar-refractivity contribution in [3.05, 3.63) is 133 Å². The number of rotatable bonds is 2. The summed E-state index contributed by atoms with van der Waals surface area (Å²) < 4.78 is 2.18. The number of hydrogen-bond acceptors (Lipinski definition) is 6. The quantitative estimate of drug-likeness (QED) is 0.213. The van der Waals surface area contributed by atoms with Gasteiger partial charge in [-0.15, -0.1) is 0 Å². The van der Waals surface area contributed by atoms with Crippen LogP contribution >= 0.6 is 0 Å². The third kappa shape index (κ3) is 4.01. The third-order valence-corrected chi connectivity index (χ3v) is 8.88. The molecule has 8 nitrogen and oxygen atoms in total. The summed E-state index contributed by atoms with van der Waals surface area (Å²) in [4.78, 5) is 34.5. The van der Waals surface area contributed by atoms with E-state index in [1.165, 1.54) is 0 Å². The Hall–Kier alpha value is -6.54. The van der Waals surface area contributed by atoms with Crippen LogP contribution in [0.3, 0.4) is 0 Å². The second kappa shape index (κ2) is 9.98. The average molecular weight is 605 g/mol. The maximum atomic E-state index is 5.33. The molecule has 0 amide bonds. The van der Waals surface area contributed by atoms with Gasteiger partial charge in [0.05, 0.1) is 6.54 Å². The average Bonchev–Trinajstić information content (AvgIpc) is 3.84. The van der Waals surface area contributed by atoms with Gasteiger partial charge in [0.25, 0.3) is 0 Å². The summed E-state index contributed by atoms with van der Waals surface area (Å²) in [6.45, 7) is 0.564. The zero-order valence-corrected chi connectivity index (χ0v) is 25.0. The molecule has 2 aliphatic heterocycles. The topological polar surface area (TPSA) is 98.1 Å². The Morgan fingerprint density at radius 3 is 1.23 bits per heavy atom. The van der Waals surface area contributed by atoms with Crippen LogP contribution in [-0.2, 0) is 6.54 Å². The van der Waals surface area contributed by atoms with E-state index in [1.807, 2.05) is 66.7 Å². The van der Waals surface area contributed by atoms with Gasteiger partial charge in [-0.2, -0.15) is 0 Å². The van der Waals surface area contributed by atoms with E-state index >= 15 is 0 Å². The van der Waals surface area contributed by atoms with Crippen molar-refractivity contribution in [2.24, 2.45) is 0 Å². The van der Waals surface area contributed by atoms with E-state index in [0.717, 1.165) is 60.7 Å². The molecule has 0 aliphatic carbocycles. The van der Waals surface area contributed by atoms with E-state index < -0.39 is 0 Å². The van der Waals surface area contributed by atoms with Crippen LogP contribution in [0.25, 0.3) is 89.7 Å². The highest BCUT2D eigenvalue weighted by atomic mass is 15.1. The fourth-order valence-electron chi connectivity index (χ4n) is 6.68. The molecular formula is C39H24N8. The van der Waals surface area contributed by atoms with E-state index in [2.05, 4.69) is 70.2 Å². The number of aromatic nitrogens is 8. The van der Waals surface area contributed by atoms with Gasteiger partial charge in [-0.25, -0.2) is 29.9 Å². The molecule has 0 atom stereocenters. The molecule has 47 heavy (non-hydrogen) atoms. The smallest absolute Gasteiger partial charge is 0.164 e. The minimum Gasteiger partial charge on any atom is -0.324 e. The van der Waals surface area contributed by atoms with Crippen LogP contribution in [0.5, 0.6) is 0 Å². The van der Waals surface area contributed by atoms with Crippen molar-refractivity contribution in [3.8, 4) is 45.6 Å². The van der Waals surface area contributed by atoms with Gasteiger partial charge in [-0.05, 0) is 5.56 Å². The van der Waals surface area contributed by atoms with Gasteiger partial charge in [0.2, 0.25) is 0 Å². The van der Waals surface area contributed by atoms with E-state index in [1.54, 1.807) is 0 Å². The third-order valence-electron chi connectivity index (χ3n) is 8.88. The zero-order valence-electron chi connectivity index (χ0n) is 25.0. The second-order valence-electron chi connectivity index (χ2n) is 11.7. The molecule has 5 aromatic carbocycles. The molecule has 0 radical (unpaired) electrons. The monoisotopic (exact) mass is 604 g/mol. The first kappa shape index (κ1) is 25.8. The van der Waals surface area contributed by atoms with Gasteiger partial charge in [0.1, 0.15) is 22.6 Å². The first-order valence-corrected chi connectivity index (χ1v) is 15.5. The summed E-state index contributed by atoms with van der Waals surface area (Å²) in [5.41, 5.74) is 7.77. The Kier molecular flexibility index (Phi) is 5.47. The lowest BCUT2D eigenvalue weighted by Gasteiger charge is -2.06. The Balaban J connectivity index is 1.43.